The van der Waals surface area contributed by atoms with Gasteiger partial charge in [0.2, 0.25) is 0 Å². The molecule has 0 aromatic heterocycles. The molecular weight excluding hydrogens is 297 g/mol. The summed E-state index contributed by atoms with van der Waals surface area (Å²) in [6.07, 6.45) is -0.185. The van der Waals surface area contributed by atoms with Gasteiger partial charge in [0, 0.05) is 0 Å². The second-order valence-electron chi connectivity index (χ2n) is 4.89. The molecule has 1 N–H and O–H groups in total. The Morgan fingerprint density at radius 2 is 1.83 bits per heavy atom. The van der Waals surface area contributed by atoms with Crippen LogP contribution >= 0.6 is 0 Å². The first-order valence-corrected chi connectivity index (χ1v) is 7.59. The van der Waals surface area contributed by atoms with Crippen LogP contribution in [0.25, 0.3) is 0 Å². The molecule has 1 unspecified atom stereocenters. The smallest absolute Gasteiger partial charge is 0.265 e. The highest BCUT2D eigenvalue weighted by Crippen LogP contribution is 2.24. The molecule has 0 spiro atoms. The Labute approximate surface area is 135 Å². The minimum absolute atomic E-state index is 0.274. The molecule has 0 aliphatic heterocycles. The molecule has 2 aromatic carbocycles. The maximum atomic E-state index is 12.9. The molecule has 1 atom stereocenters. The van der Waals surface area contributed by atoms with E-state index in [1.807, 2.05) is 26.0 Å². The van der Waals surface area contributed by atoms with E-state index in [2.05, 4.69) is 5.32 Å². The van der Waals surface area contributed by atoms with Gasteiger partial charge in [-0.15, -0.1) is 0 Å². The van der Waals surface area contributed by atoms with Crippen LogP contribution in [0.5, 0.6) is 11.5 Å². The predicted molar refractivity (Wildman–Crippen MR) is 87.3 cm³/mol. The molecule has 122 valence electrons. The lowest BCUT2D eigenvalue weighted by Crippen LogP contribution is -2.32. The van der Waals surface area contributed by atoms with Gasteiger partial charge in [0.15, 0.2) is 6.10 Å². The highest BCUT2D eigenvalue weighted by atomic mass is 19.1. The number of para-hydroxylation sites is 2. The number of rotatable bonds is 7. The number of carbonyl (C=O) groups is 1. The molecule has 0 heterocycles. The number of halogens is 1. The Hall–Kier alpha value is -2.56. The summed E-state index contributed by atoms with van der Waals surface area (Å²) in [4.78, 5) is 12.4. The summed E-state index contributed by atoms with van der Waals surface area (Å²) in [5.41, 5.74) is 0.598. The third-order valence-corrected chi connectivity index (χ3v) is 3.20. The summed E-state index contributed by atoms with van der Waals surface area (Å²) in [5, 5.41) is 2.81. The van der Waals surface area contributed by atoms with Crippen molar-refractivity contribution < 1.29 is 18.7 Å². The maximum Gasteiger partial charge on any atom is 0.265 e. The van der Waals surface area contributed by atoms with E-state index in [9.17, 15) is 9.18 Å². The molecule has 0 saturated heterocycles. The summed E-state index contributed by atoms with van der Waals surface area (Å²) in [6, 6.07) is 12.8. The lowest BCUT2D eigenvalue weighted by atomic mass is 10.2. The fraction of sp³-hybridized carbons (Fsp3) is 0.278. The highest BCUT2D eigenvalue weighted by molar-refractivity contribution is 5.95. The number of anilines is 1. The van der Waals surface area contributed by atoms with E-state index >= 15 is 0 Å². The average molecular weight is 317 g/mol. The molecule has 0 aliphatic rings. The van der Waals surface area contributed by atoms with Crippen LogP contribution in [-0.4, -0.2) is 18.6 Å². The summed E-state index contributed by atoms with van der Waals surface area (Å²) >= 11 is 0. The number of benzene rings is 2. The van der Waals surface area contributed by atoms with Crippen molar-refractivity contribution in [1.29, 1.82) is 0 Å². The van der Waals surface area contributed by atoms with E-state index < -0.39 is 6.10 Å². The zero-order valence-corrected chi connectivity index (χ0v) is 13.2. The van der Waals surface area contributed by atoms with Crippen LogP contribution < -0.4 is 14.8 Å². The standard InChI is InChI=1S/C18H20FNO3/c1-3-16(23-14-11-9-13(19)10-12-14)18(21)20-15-7-5-6-8-17(15)22-4-2/h5-12,16H,3-4H2,1-2H3,(H,20,21). The topological polar surface area (TPSA) is 47.6 Å². The van der Waals surface area contributed by atoms with Crippen molar-refractivity contribution >= 4 is 11.6 Å². The zero-order valence-electron chi connectivity index (χ0n) is 13.2. The number of nitrogens with one attached hydrogen (secondary N) is 1. The van der Waals surface area contributed by atoms with Gasteiger partial charge in [-0.1, -0.05) is 19.1 Å². The molecule has 0 radical (unpaired) electrons. The van der Waals surface area contributed by atoms with Gasteiger partial charge in [-0.2, -0.15) is 0 Å². The van der Waals surface area contributed by atoms with Gasteiger partial charge in [0.25, 0.3) is 5.91 Å². The van der Waals surface area contributed by atoms with Gasteiger partial charge in [-0.05, 0) is 49.7 Å². The van der Waals surface area contributed by atoms with Crippen molar-refractivity contribution in [2.24, 2.45) is 0 Å². The van der Waals surface area contributed by atoms with Crippen molar-refractivity contribution in [3.05, 3.63) is 54.3 Å². The van der Waals surface area contributed by atoms with Crippen molar-refractivity contribution in [2.45, 2.75) is 26.4 Å². The van der Waals surface area contributed by atoms with E-state index in [0.717, 1.165) is 0 Å². The molecule has 23 heavy (non-hydrogen) atoms. The van der Waals surface area contributed by atoms with Crippen molar-refractivity contribution in [3.8, 4) is 11.5 Å². The van der Waals surface area contributed by atoms with Crippen molar-refractivity contribution in [1.82, 2.24) is 0 Å². The lowest BCUT2D eigenvalue weighted by Gasteiger charge is -2.18. The van der Waals surface area contributed by atoms with Crippen molar-refractivity contribution in [3.63, 3.8) is 0 Å². The predicted octanol–water partition coefficient (Wildman–Crippen LogP) is 4.02. The van der Waals surface area contributed by atoms with E-state index in [1.165, 1.54) is 24.3 Å². The summed E-state index contributed by atoms with van der Waals surface area (Å²) in [6.45, 7) is 4.24. The van der Waals surface area contributed by atoms with E-state index in [4.69, 9.17) is 9.47 Å². The Balaban J connectivity index is 2.06. The first-order valence-electron chi connectivity index (χ1n) is 7.59. The third-order valence-electron chi connectivity index (χ3n) is 3.20. The number of ether oxygens (including phenoxy) is 2. The fourth-order valence-electron chi connectivity index (χ4n) is 2.06. The molecule has 4 nitrogen and oxygen atoms in total. The first kappa shape index (κ1) is 16.8. The average Bonchev–Trinajstić information content (AvgIpc) is 2.56. The molecule has 0 saturated carbocycles. The lowest BCUT2D eigenvalue weighted by molar-refractivity contribution is -0.122. The molecular formula is C18H20FNO3. The Kier molecular flexibility index (Phi) is 5.97. The fourth-order valence-corrected chi connectivity index (χ4v) is 2.06. The first-order chi connectivity index (χ1) is 11.1. The van der Waals surface area contributed by atoms with Gasteiger partial charge in [0.1, 0.15) is 17.3 Å². The molecule has 0 bridgehead atoms. The quantitative estimate of drug-likeness (QED) is 0.839. The van der Waals surface area contributed by atoms with Crippen LogP contribution in [0.15, 0.2) is 48.5 Å². The highest BCUT2D eigenvalue weighted by Gasteiger charge is 2.19. The molecule has 0 fully saturated rings. The number of hydrogen-bond acceptors (Lipinski definition) is 3. The molecule has 2 rings (SSSR count). The second kappa shape index (κ2) is 8.17. The minimum atomic E-state index is -0.671. The van der Waals surface area contributed by atoms with Crippen LogP contribution in [0.4, 0.5) is 10.1 Å². The van der Waals surface area contributed by atoms with Gasteiger partial charge in [-0.3, -0.25) is 4.79 Å². The maximum absolute atomic E-state index is 12.9. The SMILES string of the molecule is CCOc1ccccc1NC(=O)C(CC)Oc1ccc(F)cc1. The van der Waals surface area contributed by atoms with Crippen molar-refractivity contribution in [2.75, 3.05) is 11.9 Å². The minimum Gasteiger partial charge on any atom is -0.492 e. The van der Waals surface area contributed by atoms with Crippen LogP contribution in [0.3, 0.4) is 0 Å². The third kappa shape index (κ3) is 4.71. The van der Waals surface area contributed by atoms with Crippen LogP contribution in [0.2, 0.25) is 0 Å². The van der Waals surface area contributed by atoms with Gasteiger partial charge in [0.05, 0.1) is 12.3 Å². The Bertz CT molecular complexity index is 643. The molecule has 1 amide bonds. The largest absolute Gasteiger partial charge is 0.492 e. The summed E-state index contributed by atoms with van der Waals surface area (Å²) in [5.74, 6) is 0.441. The van der Waals surface area contributed by atoms with E-state index in [1.54, 1.807) is 12.1 Å². The number of amides is 1. The monoisotopic (exact) mass is 317 g/mol. The zero-order chi connectivity index (χ0) is 16.7. The van der Waals surface area contributed by atoms with Gasteiger partial charge in [-0.25, -0.2) is 4.39 Å². The van der Waals surface area contributed by atoms with E-state index in [0.29, 0.717) is 30.2 Å². The Morgan fingerprint density at radius 3 is 2.48 bits per heavy atom. The summed E-state index contributed by atoms with van der Waals surface area (Å²) in [7, 11) is 0. The normalized spacial score (nSPS) is 11.6. The molecule has 5 heteroatoms. The van der Waals surface area contributed by atoms with E-state index in [-0.39, 0.29) is 11.7 Å². The number of hydrogen-bond donors (Lipinski definition) is 1. The number of carbonyl (C=O) groups excluding carboxylic acids is 1. The molecule has 2 aromatic rings. The Morgan fingerprint density at radius 1 is 1.13 bits per heavy atom. The molecule has 0 aliphatic carbocycles. The van der Waals surface area contributed by atoms with Gasteiger partial charge >= 0.3 is 0 Å². The van der Waals surface area contributed by atoms with Crippen LogP contribution in [0, 0.1) is 5.82 Å². The summed E-state index contributed by atoms with van der Waals surface area (Å²) < 4.78 is 24.0. The van der Waals surface area contributed by atoms with Crippen LogP contribution in [-0.2, 0) is 4.79 Å². The van der Waals surface area contributed by atoms with Gasteiger partial charge < -0.3 is 14.8 Å². The second-order valence-corrected chi connectivity index (χ2v) is 4.89. The van der Waals surface area contributed by atoms with Crippen LogP contribution in [0.1, 0.15) is 20.3 Å².